The molecule has 0 aromatic heterocycles. The Morgan fingerprint density at radius 3 is 2.17 bits per heavy atom. The molecule has 0 fully saturated rings. The Kier molecular flexibility index (Phi) is 7.29. The van der Waals surface area contributed by atoms with Gasteiger partial charge in [0.1, 0.15) is 43.2 Å². The van der Waals surface area contributed by atoms with Crippen molar-refractivity contribution in [2.45, 2.75) is 37.8 Å². The van der Waals surface area contributed by atoms with E-state index in [0.29, 0.717) is 0 Å². The molecule has 0 rings (SSSR count). The molecule has 0 saturated carbocycles. The van der Waals surface area contributed by atoms with Crippen molar-refractivity contribution < 1.29 is 39.5 Å². The first kappa shape index (κ1) is 16.6. The van der Waals surface area contributed by atoms with Gasteiger partial charge < -0.3 is 30.0 Å². The predicted octanol–water partition coefficient (Wildman–Crippen LogP) is -2.85. The number of aldehydes is 1. The summed E-state index contributed by atoms with van der Waals surface area (Å²) in [6.07, 6.45) is -7.79. The number of Topliss-reactive ketones (excluding diaryl/α,β-unsaturated/α-hetero) is 1. The Hall–Kier alpha value is -1.35. The minimum atomic E-state index is -1.90. The average Bonchev–Trinajstić information content (AvgIpc) is 2.32. The predicted molar refractivity (Wildman–Crippen MR) is 56.3 cm³/mol. The third-order valence-corrected chi connectivity index (χ3v) is 2.04. The van der Waals surface area contributed by atoms with Gasteiger partial charge >= 0.3 is 5.97 Å². The van der Waals surface area contributed by atoms with E-state index in [1.807, 2.05) is 0 Å². The summed E-state index contributed by atoms with van der Waals surface area (Å²) in [4.78, 5) is 31.6. The molecule has 0 amide bonds. The van der Waals surface area contributed by atoms with Crippen molar-refractivity contribution in [1.82, 2.24) is 0 Å². The summed E-state index contributed by atoms with van der Waals surface area (Å²) >= 11 is 0. The van der Waals surface area contributed by atoms with Gasteiger partial charge in [-0.3, -0.25) is 9.59 Å². The molecule has 0 unspecified atom stereocenters. The Morgan fingerprint density at radius 2 is 1.72 bits per heavy atom. The third-order valence-electron chi connectivity index (χ3n) is 2.04. The summed E-state index contributed by atoms with van der Waals surface area (Å²) in [6.45, 7) is 0.507. The van der Waals surface area contributed by atoms with Crippen LogP contribution in [-0.4, -0.2) is 69.5 Å². The number of ketones is 1. The zero-order valence-electron chi connectivity index (χ0n) is 9.72. The lowest BCUT2D eigenvalue weighted by Crippen LogP contribution is -2.46. The molecule has 0 aliphatic rings. The molecule has 18 heavy (non-hydrogen) atoms. The number of carbonyl (C=O) groups is 3. The summed E-state index contributed by atoms with van der Waals surface area (Å²) in [5.74, 6) is -1.31. The van der Waals surface area contributed by atoms with Gasteiger partial charge in [0.25, 0.3) is 0 Å². The fourth-order valence-corrected chi connectivity index (χ4v) is 1.04. The molecule has 0 spiro atoms. The maximum atomic E-state index is 10.9. The van der Waals surface area contributed by atoms with E-state index in [9.17, 15) is 29.7 Å². The molecule has 0 heterocycles. The molecule has 0 aromatic rings. The molecule has 0 radical (unpaired) electrons. The van der Waals surface area contributed by atoms with Crippen molar-refractivity contribution in [2.75, 3.05) is 6.61 Å². The summed E-state index contributed by atoms with van der Waals surface area (Å²) in [5, 5.41) is 36.7. The number of aliphatic hydroxyl groups excluding tert-OH is 4. The quantitative estimate of drug-likeness (QED) is 0.208. The van der Waals surface area contributed by atoms with Crippen LogP contribution < -0.4 is 0 Å². The number of rotatable bonds is 8. The highest BCUT2D eigenvalue weighted by Crippen LogP contribution is 2.05. The molecule has 4 N–H and O–H groups in total. The van der Waals surface area contributed by atoms with Crippen LogP contribution >= 0.6 is 0 Å². The number of ether oxygens (including phenoxy) is 1. The van der Waals surface area contributed by atoms with E-state index < -0.39 is 49.2 Å². The van der Waals surface area contributed by atoms with Crippen LogP contribution in [0.5, 0.6) is 0 Å². The van der Waals surface area contributed by atoms with Crippen molar-refractivity contribution in [2.24, 2.45) is 0 Å². The monoisotopic (exact) mass is 264 g/mol. The Bertz CT molecular complexity index is 302. The van der Waals surface area contributed by atoms with Crippen LogP contribution in [0.25, 0.3) is 0 Å². The topological polar surface area (TPSA) is 141 Å². The van der Waals surface area contributed by atoms with E-state index in [-0.39, 0.29) is 6.29 Å². The van der Waals surface area contributed by atoms with Crippen molar-refractivity contribution in [3.8, 4) is 0 Å². The summed E-state index contributed by atoms with van der Waals surface area (Å²) < 4.78 is 4.45. The molecule has 0 aliphatic carbocycles. The van der Waals surface area contributed by atoms with Gasteiger partial charge in [0.05, 0.1) is 0 Å². The Balaban J connectivity index is 4.15. The van der Waals surface area contributed by atoms with Crippen LogP contribution in [0.15, 0.2) is 0 Å². The fraction of sp³-hybridized carbons (Fsp3) is 0.700. The van der Waals surface area contributed by atoms with Crippen molar-refractivity contribution in [3.63, 3.8) is 0 Å². The van der Waals surface area contributed by atoms with E-state index in [4.69, 9.17) is 5.11 Å². The summed E-state index contributed by atoms with van der Waals surface area (Å²) in [5.41, 5.74) is 0. The molecule has 0 aromatic carbocycles. The first-order valence-corrected chi connectivity index (χ1v) is 5.12. The minimum Gasteiger partial charge on any atom is -0.462 e. The third kappa shape index (κ3) is 5.82. The van der Waals surface area contributed by atoms with Crippen LogP contribution in [0.3, 0.4) is 0 Å². The second kappa shape index (κ2) is 7.88. The van der Waals surface area contributed by atoms with Crippen LogP contribution in [0, 0.1) is 0 Å². The standard InChI is InChI=1S/C10H16O8/c1-5(12)2-8(15)18-4-7(14)10(17)9(16)6(13)3-11/h3,6-7,9-10,13-14,16-17H,2,4H2,1H3/t6-,7+,9+,10+/m0/s1. The van der Waals surface area contributed by atoms with Gasteiger partial charge in [0.15, 0.2) is 6.29 Å². The van der Waals surface area contributed by atoms with Crippen LogP contribution in [0.1, 0.15) is 13.3 Å². The fourth-order valence-electron chi connectivity index (χ4n) is 1.04. The van der Waals surface area contributed by atoms with Crippen molar-refractivity contribution in [3.05, 3.63) is 0 Å². The summed E-state index contributed by atoms with van der Waals surface area (Å²) in [7, 11) is 0. The zero-order valence-corrected chi connectivity index (χ0v) is 9.72. The smallest absolute Gasteiger partial charge is 0.313 e. The van der Waals surface area contributed by atoms with Crippen LogP contribution in [0.2, 0.25) is 0 Å². The highest BCUT2D eigenvalue weighted by atomic mass is 16.5. The SMILES string of the molecule is CC(=O)CC(=O)OC[C@@H](O)[C@@H](O)[C@H](O)[C@@H](O)C=O. The maximum absolute atomic E-state index is 10.9. The zero-order chi connectivity index (χ0) is 14.3. The highest BCUT2D eigenvalue weighted by molar-refractivity contribution is 5.94. The molecular weight excluding hydrogens is 248 g/mol. The molecule has 0 bridgehead atoms. The average molecular weight is 264 g/mol. The van der Waals surface area contributed by atoms with Crippen LogP contribution in [-0.2, 0) is 19.1 Å². The number of esters is 1. The molecule has 4 atom stereocenters. The molecule has 8 heteroatoms. The molecule has 0 saturated heterocycles. The highest BCUT2D eigenvalue weighted by Gasteiger charge is 2.30. The van der Waals surface area contributed by atoms with Gasteiger partial charge in [-0.2, -0.15) is 0 Å². The van der Waals surface area contributed by atoms with Gasteiger partial charge in [0.2, 0.25) is 0 Å². The molecule has 0 aliphatic heterocycles. The number of hydrogen-bond acceptors (Lipinski definition) is 8. The second-order valence-corrected chi connectivity index (χ2v) is 3.74. The van der Waals surface area contributed by atoms with E-state index in [1.165, 1.54) is 6.92 Å². The lowest BCUT2D eigenvalue weighted by Gasteiger charge is -2.23. The molecule has 104 valence electrons. The van der Waals surface area contributed by atoms with Crippen LogP contribution in [0.4, 0.5) is 0 Å². The lowest BCUT2D eigenvalue weighted by atomic mass is 10.0. The number of aliphatic hydroxyl groups is 4. The summed E-state index contributed by atoms with van der Waals surface area (Å²) in [6, 6.07) is 0. The molecule has 8 nitrogen and oxygen atoms in total. The van der Waals surface area contributed by atoms with E-state index in [2.05, 4.69) is 4.74 Å². The minimum absolute atomic E-state index is 0.0115. The first-order chi connectivity index (χ1) is 8.29. The number of carbonyl (C=O) groups excluding carboxylic acids is 3. The van der Waals surface area contributed by atoms with Gasteiger partial charge in [-0.25, -0.2) is 0 Å². The van der Waals surface area contributed by atoms with Crippen molar-refractivity contribution >= 4 is 18.0 Å². The van der Waals surface area contributed by atoms with Gasteiger partial charge in [0, 0.05) is 0 Å². The van der Waals surface area contributed by atoms with E-state index in [0.717, 1.165) is 0 Å². The maximum Gasteiger partial charge on any atom is 0.313 e. The Morgan fingerprint density at radius 1 is 1.17 bits per heavy atom. The largest absolute Gasteiger partial charge is 0.462 e. The lowest BCUT2D eigenvalue weighted by molar-refractivity contribution is -0.157. The van der Waals surface area contributed by atoms with Crippen molar-refractivity contribution in [1.29, 1.82) is 0 Å². The normalized spacial score (nSPS) is 17.4. The second-order valence-electron chi connectivity index (χ2n) is 3.74. The van der Waals surface area contributed by atoms with E-state index >= 15 is 0 Å². The van der Waals surface area contributed by atoms with Gasteiger partial charge in [-0.05, 0) is 6.92 Å². The first-order valence-electron chi connectivity index (χ1n) is 5.12. The van der Waals surface area contributed by atoms with E-state index in [1.54, 1.807) is 0 Å². The Labute approximate surface area is 103 Å². The number of hydrogen-bond donors (Lipinski definition) is 4. The van der Waals surface area contributed by atoms with Gasteiger partial charge in [-0.1, -0.05) is 0 Å². The molecular formula is C10H16O8. The van der Waals surface area contributed by atoms with Gasteiger partial charge in [-0.15, -0.1) is 0 Å².